The van der Waals surface area contributed by atoms with Crippen molar-refractivity contribution in [3.63, 3.8) is 0 Å². The average molecular weight is 301 g/mol. The lowest BCUT2D eigenvalue weighted by Crippen LogP contribution is -2.46. The molecule has 1 saturated heterocycles. The molecule has 1 aliphatic rings. The first-order valence-electron chi connectivity index (χ1n) is 7.47. The number of piperazine rings is 1. The fraction of sp³-hybridized carbons (Fsp3) is 0.333. The fourth-order valence-electron chi connectivity index (χ4n) is 3.01. The van der Waals surface area contributed by atoms with Crippen LogP contribution >= 0.6 is 11.6 Å². The van der Waals surface area contributed by atoms with Gasteiger partial charge in [0.2, 0.25) is 0 Å². The van der Waals surface area contributed by atoms with E-state index in [1.807, 2.05) is 12.1 Å². The second kappa shape index (κ2) is 6.61. The van der Waals surface area contributed by atoms with Gasteiger partial charge in [0.25, 0.3) is 0 Å². The molecule has 1 atom stereocenters. The van der Waals surface area contributed by atoms with Crippen LogP contribution in [0.5, 0.6) is 0 Å². The van der Waals surface area contributed by atoms with E-state index in [-0.39, 0.29) is 0 Å². The summed E-state index contributed by atoms with van der Waals surface area (Å²) in [6.45, 7) is 4.40. The molecule has 0 radical (unpaired) electrons. The largest absolute Gasteiger partial charge is 0.304 e. The van der Waals surface area contributed by atoms with Gasteiger partial charge in [0.1, 0.15) is 0 Å². The second-order valence-electron chi connectivity index (χ2n) is 5.71. The lowest BCUT2D eigenvalue weighted by Gasteiger charge is -2.38. The summed E-state index contributed by atoms with van der Waals surface area (Å²) in [5.74, 6) is 0. The van der Waals surface area contributed by atoms with E-state index in [2.05, 4.69) is 59.3 Å². The van der Waals surface area contributed by atoms with Crippen molar-refractivity contribution in [1.82, 2.24) is 9.80 Å². The van der Waals surface area contributed by atoms with Crippen LogP contribution in [0.25, 0.3) is 0 Å². The molecule has 1 fully saturated rings. The van der Waals surface area contributed by atoms with Crippen molar-refractivity contribution in [2.24, 2.45) is 0 Å². The Balaban J connectivity index is 1.95. The summed E-state index contributed by atoms with van der Waals surface area (Å²) in [5, 5.41) is 0.808. The first kappa shape index (κ1) is 14.6. The molecule has 0 spiro atoms. The minimum atomic E-state index is 0.290. The molecular weight excluding hydrogens is 280 g/mol. The molecule has 2 aromatic rings. The van der Waals surface area contributed by atoms with E-state index in [1.54, 1.807) is 0 Å². The average Bonchev–Trinajstić information content (AvgIpc) is 2.51. The third-order valence-electron chi connectivity index (χ3n) is 4.18. The molecule has 0 saturated carbocycles. The number of likely N-dealkylation sites (N-methyl/N-ethyl adjacent to an activating group) is 1. The Hall–Kier alpha value is -1.35. The maximum Gasteiger partial charge on any atom is 0.0603 e. The van der Waals surface area contributed by atoms with E-state index in [0.717, 1.165) is 31.2 Å². The van der Waals surface area contributed by atoms with Crippen LogP contribution in [0.4, 0.5) is 0 Å². The summed E-state index contributed by atoms with van der Waals surface area (Å²) in [5.41, 5.74) is 2.61. The van der Waals surface area contributed by atoms with Gasteiger partial charge in [0.15, 0.2) is 0 Å². The van der Waals surface area contributed by atoms with Crippen molar-refractivity contribution in [3.05, 3.63) is 70.7 Å². The normalized spacial score (nSPS) is 18.6. The van der Waals surface area contributed by atoms with Gasteiger partial charge >= 0.3 is 0 Å². The number of rotatable bonds is 3. The molecule has 110 valence electrons. The number of benzene rings is 2. The SMILES string of the molecule is CN1CCN(C(c2ccccc2)c2cccc(Cl)c2)CC1. The number of nitrogens with zero attached hydrogens (tertiary/aromatic N) is 2. The molecule has 1 aliphatic heterocycles. The minimum Gasteiger partial charge on any atom is -0.304 e. The first-order valence-corrected chi connectivity index (χ1v) is 7.85. The van der Waals surface area contributed by atoms with E-state index in [9.17, 15) is 0 Å². The fourth-order valence-corrected chi connectivity index (χ4v) is 3.20. The molecule has 0 aliphatic carbocycles. The molecule has 2 aromatic carbocycles. The molecule has 2 nitrogen and oxygen atoms in total. The Labute approximate surface area is 131 Å². The maximum atomic E-state index is 6.21. The van der Waals surface area contributed by atoms with E-state index < -0.39 is 0 Å². The monoisotopic (exact) mass is 300 g/mol. The summed E-state index contributed by atoms with van der Waals surface area (Å²) in [4.78, 5) is 4.94. The van der Waals surface area contributed by atoms with E-state index in [4.69, 9.17) is 11.6 Å². The van der Waals surface area contributed by atoms with Crippen LogP contribution in [-0.4, -0.2) is 43.0 Å². The van der Waals surface area contributed by atoms with Crippen molar-refractivity contribution >= 4 is 11.6 Å². The van der Waals surface area contributed by atoms with Crippen molar-refractivity contribution < 1.29 is 0 Å². The van der Waals surface area contributed by atoms with Crippen molar-refractivity contribution in [3.8, 4) is 0 Å². The van der Waals surface area contributed by atoms with Gasteiger partial charge in [0, 0.05) is 31.2 Å². The minimum absolute atomic E-state index is 0.290. The lowest BCUT2D eigenvalue weighted by molar-refractivity contribution is 0.127. The van der Waals surface area contributed by atoms with Gasteiger partial charge in [-0.1, -0.05) is 54.1 Å². The summed E-state index contributed by atoms with van der Waals surface area (Å²) in [6.07, 6.45) is 0. The molecule has 1 heterocycles. The van der Waals surface area contributed by atoms with Crippen molar-refractivity contribution in [2.45, 2.75) is 6.04 Å². The molecule has 3 rings (SSSR count). The summed E-state index contributed by atoms with van der Waals surface area (Å²) < 4.78 is 0. The van der Waals surface area contributed by atoms with Crippen LogP contribution in [-0.2, 0) is 0 Å². The van der Waals surface area contributed by atoms with Crippen LogP contribution in [0.15, 0.2) is 54.6 Å². The lowest BCUT2D eigenvalue weighted by atomic mass is 9.96. The van der Waals surface area contributed by atoms with Crippen LogP contribution in [0.3, 0.4) is 0 Å². The van der Waals surface area contributed by atoms with Crippen LogP contribution in [0, 0.1) is 0 Å². The van der Waals surface area contributed by atoms with Gasteiger partial charge in [0.05, 0.1) is 6.04 Å². The Morgan fingerprint density at radius 3 is 2.19 bits per heavy atom. The zero-order valence-electron chi connectivity index (χ0n) is 12.4. The van der Waals surface area contributed by atoms with Gasteiger partial charge < -0.3 is 4.90 Å². The van der Waals surface area contributed by atoms with Crippen molar-refractivity contribution in [2.75, 3.05) is 33.2 Å². The molecule has 0 amide bonds. The smallest absolute Gasteiger partial charge is 0.0603 e. The first-order chi connectivity index (χ1) is 10.2. The van der Waals surface area contributed by atoms with Gasteiger partial charge in [-0.3, -0.25) is 4.90 Å². The van der Waals surface area contributed by atoms with Gasteiger partial charge in [-0.15, -0.1) is 0 Å². The molecule has 1 unspecified atom stereocenters. The second-order valence-corrected chi connectivity index (χ2v) is 6.14. The Bertz CT molecular complexity index is 577. The van der Waals surface area contributed by atoms with Gasteiger partial charge in [-0.25, -0.2) is 0 Å². The summed E-state index contributed by atoms with van der Waals surface area (Å²) in [6, 6.07) is 19.3. The molecule has 0 aromatic heterocycles. The molecule has 0 bridgehead atoms. The zero-order chi connectivity index (χ0) is 14.7. The molecule has 3 heteroatoms. The predicted octanol–water partition coefficient (Wildman–Crippen LogP) is 3.68. The van der Waals surface area contributed by atoms with Crippen LogP contribution < -0.4 is 0 Å². The highest BCUT2D eigenvalue weighted by molar-refractivity contribution is 6.30. The van der Waals surface area contributed by atoms with Crippen LogP contribution in [0.2, 0.25) is 5.02 Å². The quantitative estimate of drug-likeness (QED) is 0.853. The Kier molecular flexibility index (Phi) is 4.59. The standard InChI is InChI=1S/C18H21ClN2/c1-20-10-12-21(13-11-20)18(15-6-3-2-4-7-15)16-8-5-9-17(19)14-16/h2-9,14,18H,10-13H2,1H3. The summed E-state index contributed by atoms with van der Waals surface area (Å²) in [7, 11) is 2.19. The third kappa shape index (κ3) is 3.46. The highest BCUT2D eigenvalue weighted by Gasteiger charge is 2.25. The Morgan fingerprint density at radius 2 is 1.52 bits per heavy atom. The maximum absolute atomic E-state index is 6.21. The number of hydrogen-bond acceptors (Lipinski definition) is 2. The predicted molar refractivity (Wildman–Crippen MR) is 88.8 cm³/mol. The molecule has 21 heavy (non-hydrogen) atoms. The van der Waals surface area contributed by atoms with E-state index in [0.29, 0.717) is 6.04 Å². The zero-order valence-corrected chi connectivity index (χ0v) is 13.1. The van der Waals surface area contributed by atoms with Crippen LogP contribution in [0.1, 0.15) is 17.2 Å². The Morgan fingerprint density at radius 1 is 0.857 bits per heavy atom. The van der Waals surface area contributed by atoms with Gasteiger partial charge in [-0.2, -0.15) is 0 Å². The highest BCUT2D eigenvalue weighted by Crippen LogP contribution is 2.30. The number of halogens is 1. The van der Waals surface area contributed by atoms with Crippen molar-refractivity contribution in [1.29, 1.82) is 0 Å². The van der Waals surface area contributed by atoms with E-state index in [1.165, 1.54) is 11.1 Å². The number of hydrogen-bond donors (Lipinski definition) is 0. The summed E-state index contributed by atoms with van der Waals surface area (Å²) >= 11 is 6.21. The van der Waals surface area contributed by atoms with Gasteiger partial charge in [-0.05, 0) is 30.3 Å². The highest BCUT2D eigenvalue weighted by atomic mass is 35.5. The van der Waals surface area contributed by atoms with E-state index >= 15 is 0 Å². The molecular formula is C18H21ClN2. The molecule has 0 N–H and O–H groups in total. The topological polar surface area (TPSA) is 6.48 Å². The third-order valence-corrected chi connectivity index (χ3v) is 4.42.